The molecular formula is C18H21NO5. The van der Waals surface area contributed by atoms with Gasteiger partial charge in [0.1, 0.15) is 5.60 Å². The van der Waals surface area contributed by atoms with Gasteiger partial charge < -0.3 is 14.2 Å². The van der Waals surface area contributed by atoms with Crippen LogP contribution < -0.4 is 4.90 Å². The number of anilines is 1. The Balaban J connectivity index is 2.05. The van der Waals surface area contributed by atoms with Crippen molar-refractivity contribution in [3.8, 4) is 0 Å². The third-order valence-corrected chi connectivity index (χ3v) is 3.95. The summed E-state index contributed by atoms with van der Waals surface area (Å²) in [6, 6.07) is 7.10. The van der Waals surface area contributed by atoms with Gasteiger partial charge in [-0.15, -0.1) is 0 Å². The van der Waals surface area contributed by atoms with Crippen LogP contribution >= 0.6 is 0 Å². The predicted molar refractivity (Wildman–Crippen MR) is 87.5 cm³/mol. The van der Waals surface area contributed by atoms with Crippen LogP contribution in [-0.4, -0.2) is 31.0 Å². The largest absolute Gasteiger partial charge is 0.443 e. The minimum atomic E-state index is -1.26. The van der Waals surface area contributed by atoms with Crippen molar-refractivity contribution in [2.24, 2.45) is 0 Å². The molecule has 1 aromatic rings. The van der Waals surface area contributed by atoms with Gasteiger partial charge >= 0.3 is 6.09 Å². The molecule has 2 aliphatic rings. The van der Waals surface area contributed by atoms with Gasteiger partial charge in [-0.2, -0.15) is 0 Å². The first-order valence-corrected chi connectivity index (χ1v) is 7.83. The lowest BCUT2D eigenvalue weighted by molar-refractivity contribution is -0.190. The Morgan fingerprint density at radius 3 is 2.71 bits per heavy atom. The third-order valence-electron chi connectivity index (χ3n) is 3.95. The van der Waals surface area contributed by atoms with E-state index < -0.39 is 29.5 Å². The minimum absolute atomic E-state index is 0.335. The zero-order valence-electron chi connectivity index (χ0n) is 14.2. The highest BCUT2D eigenvalue weighted by atomic mass is 16.7. The molecule has 0 fully saturated rings. The highest BCUT2D eigenvalue weighted by molar-refractivity contribution is 6.20. The maximum absolute atomic E-state index is 13.1. The van der Waals surface area contributed by atoms with Gasteiger partial charge in [-0.1, -0.05) is 24.3 Å². The number of para-hydroxylation sites is 1. The lowest BCUT2D eigenvalue weighted by Crippen LogP contribution is -2.48. The monoisotopic (exact) mass is 331 g/mol. The van der Waals surface area contributed by atoms with Crippen LogP contribution in [-0.2, 0) is 24.6 Å². The van der Waals surface area contributed by atoms with Crippen molar-refractivity contribution in [3.05, 3.63) is 42.0 Å². The van der Waals surface area contributed by atoms with Gasteiger partial charge in [-0.3, -0.25) is 4.79 Å². The first kappa shape index (κ1) is 16.7. The van der Waals surface area contributed by atoms with Crippen LogP contribution in [0, 0.1) is 0 Å². The van der Waals surface area contributed by atoms with Crippen molar-refractivity contribution in [2.75, 3.05) is 12.0 Å². The number of nitrogens with zero attached hydrogens (tertiary/aromatic N) is 1. The summed E-state index contributed by atoms with van der Waals surface area (Å²) in [6.07, 6.45) is 2.57. The third kappa shape index (κ3) is 2.61. The number of hydrogen-bond acceptors (Lipinski definition) is 5. The molecule has 2 heterocycles. The fourth-order valence-electron chi connectivity index (χ4n) is 2.97. The average molecular weight is 331 g/mol. The van der Waals surface area contributed by atoms with Crippen molar-refractivity contribution in [1.82, 2.24) is 0 Å². The summed E-state index contributed by atoms with van der Waals surface area (Å²) in [4.78, 5) is 26.8. The van der Waals surface area contributed by atoms with E-state index in [1.165, 1.54) is 7.11 Å². The Bertz CT molecular complexity index is 706. The van der Waals surface area contributed by atoms with Crippen LogP contribution in [0.3, 0.4) is 0 Å². The quantitative estimate of drug-likeness (QED) is 0.740. The molecule has 0 saturated heterocycles. The number of imide groups is 1. The lowest BCUT2D eigenvalue weighted by Gasteiger charge is -2.33. The van der Waals surface area contributed by atoms with Crippen LogP contribution in [0.15, 0.2) is 36.4 Å². The molecule has 1 aromatic carbocycles. The molecule has 1 spiro atoms. The molecule has 2 amide bonds. The van der Waals surface area contributed by atoms with Crippen molar-refractivity contribution >= 4 is 17.7 Å². The maximum atomic E-state index is 13.1. The molecule has 2 aliphatic heterocycles. The molecule has 24 heavy (non-hydrogen) atoms. The Hall–Kier alpha value is -2.18. The summed E-state index contributed by atoms with van der Waals surface area (Å²) < 4.78 is 16.5. The Morgan fingerprint density at radius 2 is 2.04 bits per heavy atom. The SMILES string of the molecule is CO[C@H]1C=CC[C@]2(O1)C(=O)N(C(=O)OC(C)(C)C)c1ccccc12. The first-order valence-electron chi connectivity index (χ1n) is 7.83. The molecule has 0 aliphatic carbocycles. The van der Waals surface area contributed by atoms with Gasteiger partial charge in [0.2, 0.25) is 0 Å². The van der Waals surface area contributed by atoms with Crippen molar-refractivity contribution in [2.45, 2.75) is 44.7 Å². The van der Waals surface area contributed by atoms with Gasteiger partial charge in [0.25, 0.3) is 5.91 Å². The molecule has 0 saturated carbocycles. The first-order chi connectivity index (χ1) is 11.3. The minimum Gasteiger partial charge on any atom is -0.443 e. The summed E-state index contributed by atoms with van der Waals surface area (Å²) in [5, 5.41) is 0. The van der Waals surface area contributed by atoms with Crippen LogP contribution in [0.5, 0.6) is 0 Å². The summed E-state index contributed by atoms with van der Waals surface area (Å²) in [5.41, 5.74) is -0.831. The maximum Gasteiger partial charge on any atom is 0.421 e. The number of amides is 2. The molecule has 2 atom stereocenters. The van der Waals surface area contributed by atoms with E-state index in [2.05, 4.69) is 0 Å². The second-order valence-electron chi connectivity index (χ2n) is 6.82. The molecule has 0 unspecified atom stereocenters. The zero-order valence-corrected chi connectivity index (χ0v) is 14.2. The van der Waals surface area contributed by atoms with Crippen LogP contribution in [0.1, 0.15) is 32.8 Å². The molecule has 6 nitrogen and oxygen atoms in total. The lowest BCUT2D eigenvalue weighted by atomic mass is 9.90. The van der Waals surface area contributed by atoms with Gasteiger partial charge in [0.05, 0.1) is 5.69 Å². The molecule has 0 bridgehead atoms. The van der Waals surface area contributed by atoms with Gasteiger partial charge in [-0.25, -0.2) is 9.69 Å². The van der Waals surface area contributed by atoms with Gasteiger partial charge in [0.15, 0.2) is 11.9 Å². The van der Waals surface area contributed by atoms with E-state index in [-0.39, 0.29) is 0 Å². The Morgan fingerprint density at radius 1 is 1.33 bits per heavy atom. The number of benzene rings is 1. The molecule has 0 N–H and O–H groups in total. The van der Waals surface area contributed by atoms with Crippen LogP contribution in [0.4, 0.5) is 10.5 Å². The van der Waals surface area contributed by atoms with Gasteiger partial charge in [0, 0.05) is 19.1 Å². The number of hydrogen-bond donors (Lipinski definition) is 0. The highest BCUT2D eigenvalue weighted by Crippen LogP contribution is 2.47. The zero-order chi connectivity index (χ0) is 17.5. The van der Waals surface area contributed by atoms with E-state index >= 15 is 0 Å². The van der Waals surface area contributed by atoms with Crippen LogP contribution in [0.2, 0.25) is 0 Å². The fraction of sp³-hybridized carbons (Fsp3) is 0.444. The molecule has 0 radical (unpaired) electrons. The van der Waals surface area contributed by atoms with E-state index in [4.69, 9.17) is 14.2 Å². The second-order valence-corrected chi connectivity index (χ2v) is 6.82. The van der Waals surface area contributed by atoms with Crippen molar-refractivity contribution < 1.29 is 23.8 Å². The molecule has 128 valence electrons. The summed E-state index contributed by atoms with van der Waals surface area (Å²) in [7, 11) is 1.50. The number of rotatable bonds is 1. The normalized spacial score (nSPS) is 25.9. The summed E-state index contributed by atoms with van der Waals surface area (Å²) >= 11 is 0. The van der Waals surface area contributed by atoms with Gasteiger partial charge in [-0.05, 0) is 32.9 Å². The van der Waals surface area contributed by atoms with Crippen molar-refractivity contribution in [1.29, 1.82) is 0 Å². The Kier molecular flexibility index (Phi) is 3.97. The smallest absolute Gasteiger partial charge is 0.421 e. The summed E-state index contributed by atoms with van der Waals surface area (Å²) in [5.74, 6) is -0.454. The highest BCUT2D eigenvalue weighted by Gasteiger charge is 2.56. The van der Waals surface area contributed by atoms with Crippen LogP contribution in [0.25, 0.3) is 0 Å². The molecular weight excluding hydrogens is 310 g/mol. The second kappa shape index (κ2) is 5.72. The molecule has 3 rings (SSSR count). The summed E-state index contributed by atoms with van der Waals surface area (Å²) in [6.45, 7) is 5.27. The number of ether oxygens (including phenoxy) is 3. The number of fused-ring (bicyclic) bond motifs is 2. The van der Waals surface area contributed by atoms with E-state index in [1.807, 2.05) is 12.1 Å². The van der Waals surface area contributed by atoms with Crippen molar-refractivity contribution in [3.63, 3.8) is 0 Å². The van der Waals surface area contributed by atoms with E-state index in [0.717, 1.165) is 4.90 Å². The number of carbonyl (C=O) groups is 2. The predicted octanol–water partition coefficient (Wildman–Crippen LogP) is 3.11. The fourth-order valence-corrected chi connectivity index (χ4v) is 2.97. The van der Waals surface area contributed by atoms with E-state index in [1.54, 1.807) is 45.0 Å². The average Bonchev–Trinajstić information content (AvgIpc) is 2.75. The van der Waals surface area contributed by atoms with E-state index in [9.17, 15) is 9.59 Å². The number of carbonyl (C=O) groups excluding carboxylic acids is 2. The van der Waals surface area contributed by atoms with E-state index in [0.29, 0.717) is 17.7 Å². The molecule has 6 heteroatoms. The molecule has 0 aromatic heterocycles. The Labute approximate surface area is 141 Å². The standard InChI is InChI=1S/C18H21NO5/c1-17(2,3)24-16(21)19-13-9-6-5-8-12(13)18(15(19)20)11-7-10-14(22-4)23-18/h5-10,14H,11H2,1-4H3/t14-,18-/m1/s1. The number of methoxy groups -OCH3 is 1. The topological polar surface area (TPSA) is 65.1 Å².